The number of hydrogen-bond donors (Lipinski definition) is 0. The molecule has 2 aliphatic rings. The highest BCUT2D eigenvalue weighted by atomic mass is 79.9. The van der Waals surface area contributed by atoms with Crippen LogP contribution in [0.5, 0.6) is 5.75 Å². The van der Waals surface area contributed by atoms with Crippen LogP contribution in [0, 0.1) is 10.8 Å². The van der Waals surface area contributed by atoms with Gasteiger partial charge in [-0.05, 0) is 31.5 Å². The van der Waals surface area contributed by atoms with Crippen molar-refractivity contribution in [1.29, 1.82) is 0 Å². The molecule has 0 saturated heterocycles. The van der Waals surface area contributed by atoms with Gasteiger partial charge in [0.15, 0.2) is 11.2 Å². The van der Waals surface area contributed by atoms with Gasteiger partial charge in [-0.3, -0.25) is 14.4 Å². The molecule has 4 rings (SSSR count). The maximum Gasteiger partial charge on any atom is 0.330 e. The molecule has 0 aromatic heterocycles. The van der Waals surface area contributed by atoms with E-state index in [9.17, 15) is 14.4 Å². The van der Waals surface area contributed by atoms with Crippen molar-refractivity contribution < 1.29 is 23.9 Å². The van der Waals surface area contributed by atoms with Crippen molar-refractivity contribution >= 4 is 33.7 Å². The van der Waals surface area contributed by atoms with Crippen molar-refractivity contribution in [3.63, 3.8) is 0 Å². The fourth-order valence-electron chi connectivity index (χ4n) is 4.78. The lowest BCUT2D eigenvalue weighted by molar-refractivity contribution is -0.162. The van der Waals surface area contributed by atoms with E-state index in [-0.39, 0.29) is 12.4 Å². The second-order valence-electron chi connectivity index (χ2n) is 7.05. The van der Waals surface area contributed by atoms with Crippen molar-refractivity contribution in [3.05, 3.63) is 64.1 Å². The van der Waals surface area contributed by atoms with Gasteiger partial charge in [0.1, 0.15) is 5.75 Å². The fourth-order valence-corrected chi connectivity index (χ4v) is 5.16. The van der Waals surface area contributed by atoms with Crippen LogP contribution in [0.15, 0.2) is 53.0 Å². The Morgan fingerprint density at radius 2 is 1.86 bits per heavy atom. The van der Waals surface area contributed by atoms with Gasteiger partial charge >= 0.3 is 11.9 Å². The summed E-state index contributed by atoms with van der Waals surface area (Å²) in [5.41, 5.74) is -1.75. The van der Waals surface area contributed by atoms with Gasteiger partial charge in [0.25, 0.3) is 0 Å². The van der Waals surface area contributed by atoms with Gasteiger partial charge in [0, 0.05) is 21.5 Å². The lowest BCUT2D eigenvalue weighted by atomic mass is 9.83. The summed E-state index contributed by atoms with van der Waals surface area (Å²) in [6, 6.07) is 14.0. The average molecular weight is 443 g/mol. The van der Waals surface area contributed by atoms with Crippen molar-refractivity contribution in [3.8, 4) is 5.75 Å². The van der Waals surface area contributed by atoms with E-state index < -0.39 is 28.7 Å². The maximum absolute atomic E-state index is 13.7. The standard InChI is InChI=1S/C22H19BrO5/c1-3-21(18(24)13-8-6-5-7-9-13)17-15-12-14(23)10-11-16(15)28-20(26)22(17,21)19(25)27-4-2/h5-12,17H,3-4H2,1-2H3/t17-,21+,22-/m0/s1. The van der Waals surface area contributed by atoms with E-state index in [1.54, 1.807) is 43.3 Å². The highest BCUT2D eigenvalue weighted by Gasteiger charge is 2.90. The molecular weight excluding hydrogens is 424 g/mol. The molecule has 0 unspecified atom stereocenters. The first kappa shape index (κ1) is 18.9. The summed E-state index contributed by atoms with van der Waals surface area (Å²) in [5.74, 6) is -1.88. The predicted octanol–water partition coefficient (Wildman–Crippen LogP) is 4.29. The number of hydrogen-bond acceptors (Lipinski definition) is 5. The molecule has 1 heterocycles. The molecule has 3 atom stereocenters. The molecule has 1 fully saturated rings. The van der Waals surface area contributed by atoms with Crippen LogP contribution in [0.4, 0.5) is 0 Å². The van der Waals surface area contributed by atoms with E-state index in [0.29, 0.717) is 23.3 Å². The minimum absolute atomic E-state index is 0.116. The number of rotatable bonds is 5. The number of Topliss-reactive ketones (excluding diaryl/α,β-unsaturated/α-hetero) is 1. The topological polar surface area (TPSA) is 69.7 Å². The lowest BCUT2D eigenvalue weighted by Gasteiger charge is -2.22. The Labute approximate surface area is 171 Å². The Hall–Kier alpha value is -2.47. The number of carbonyl (C=O) groups excluding carboxylic acids is 3. The maximum atomic E-state index is 13.7. The number of esters is 2. The summed E-state index contributed by atoms with van der Waals surface area (Å²) in [6.07, 6.45) is 0.311. The SMILES string of the molecule is CCOC(=O)[C@]12C(=O)Oc3ccc(Br)cc3[C@H]1[C@]2(CC)C(=O)c1ccccc1. The molecule has 1 aliphatic heterocycles. The molecule has 1 saturated carbocycles. The summed E-state index contributed by atoms with van der Waals surface area (Å²) in [7, 11) is 0. The van der Waals surface area contributed by atoms with Gasteiger partial charge in [-0.15, -0.1) is 0 Å². The third kappa shape index (κ3) is 2.21. The van der Waals surface area contributed by atoms with Crippen molar-refractivity contribution in [2.45, 2.75) is 26.2 Å². The zero-order valence-electron chi connectivity index (χ0n) is 15.5. The van der Waals surface area contributed by atoms with Gasteiger partial charge in [-0.2, -0.15) is 0 Å². The van der Waals surface area contributed by atoms with Crippen molar-refractivity contribution in [2.75, 3.05) is 6.61 Å². The summed E-state index contributed by atoms with van der Waals surface area (Å²) in [6.45, 7) is 3.62. The second kappa shape index (κ2) is 6.55. The molecule has 28 heavy (non-hydrogen) atoms. The van der Waals surface area contributed by atoms with Crippen molar-refractivity contribution in [1.82, 2.24) is 0 Å². The minimum Gasteiger partial charge on any atom is -0.465 e. The number of benzene rings is 2. The van der Waals surface area contributed by atoms with E-state index in [0.717, 1.165) is 4.47 Å². The first-order valence-electron chi connectivity index (χ1n) is 9.23. The zero-order valence-corrected chi connectivity index (χ0v) is 17.1. The Kier molecular flexibility index (Phi) is 4.42. The van der Waals surface area contributed by atoms with Crippen LogP contribution in [0.3, 0.4) is 0 Å². The Morgan fingerprint density at radius 1 is 1.14 bits per heavy atom. The first-order valence-corrected chi connectivity index (χ1v) is 10.0. The molecule has 0 bridgehead atoms. The van der Waals surface area contributed by atoms with Crippen LogP contribution < -0.4 is 4.74 Å². The minimum atomic E-state index is -1.65. The van der Waals surface area contributed by atoms with Crippen LogP contribution in [-0.2, 0) is 14.3 Å². The highest BCUT2D eigenvalue weighted by molar-refractivity contribution is 9.10. The van der Waals surface area contributed by atoms with Gasteiger partial charge in [-0.25, -0.2) is 0 Å². The van der Waals surface area contributed by atoms with E-state index in [4.69, 9.17) is 9.47 Å². The van der Waals surface area contributed by atoms with Crippen LogP contribution in [0.25, 0.3) is 0 Å². The molecule has 2 aromatic rings. The molecular formula is C22H19BrO5. The highest BCUT2D eigenvalue weighted by Crippen LogP contribution is 2.80. The first-order chi connectivity index (χ1) is 13.4. The van der Waals surface area contributed by atoms with Crippen LogP contribution in [-0.4, -0.2) is 24.3 Å². The zero-order chi connectivity index (χ0) is 20.1. The molecule has 2 aromatic carbocycles. The summed E-state index contributed by atoms with van der Waals surface area (Å²) < 4.78 is 11.6. The van der Waals surface area contributed by atoms with E-state index in [1.807, 2.05) is 19.1 Å². The number of ketones is 1. The fraction of sp³-hybridized carbons (Fsp3) is 0.318. The van der Waals surface area contributed by atoms with Crippen LogP contribution >= 0.6 is 15.9 Å². The number of halogens is 1. The van der Waals surface area contributed by atoms with E-state index in [1.165, 1.54) is 0 Å². The third-order valence-electron chi connectivity index (χ3n) is 5.95. The number of fused-ring (bicyclic) bond motifs is 3. The van der Waals surface area contributed by atoms with Gasteiger partial charge < -0.3 is 9.47 Å². The van der Waals surface area contributed by atoms with E-state index in [2.05, 4.69) is 15.9 Å². The molecule has 0 N–H and O–H groups in total. The third-order valence-corrected chi connectivity index (χ3v) is 6.44. The molecule has 0 radical (unpaired) electrons. The summed E-state index contributed by atoms with van der Waals surface area (Å²) in [5, 5.41) is 0. The van der Waals surface area contributed by atoms with Crippen LogP contribution in [0.2, 0.25) is 0 Å². The van der Waals surface area contributed by atoms with Gasteiger partial charge in [0.2, 0.25) is 0 Å². The Bertz CT molecular complexity index is 986. The Morgan fingerprint density at radius 3 is 2.50 bits per heavy atom. The number of ether oxygens (including phenoxy) is 2. The quantitative estimate of drug-likeness (QED) is 0.299. The molecule has 0 amide bonds. The monoisotopic (exact) mass is 442 g/mol. The van der Waals surface area contributed by atoms with Gasteiger partial charge in [-0.1, -0.05) is 53.2 Å². The molecule has 0 spiro atoms. The summed E-state index contributed by atoms with van der Waals surface area (Å²) in [4.78, 5) is 39.9. The smallest absolute Gasteiger partial charge is 0.330 e. The molecule has 6 heteroatoms. The molecule has 144 valence electrons. The normalized spacial score (nSPS) is 27.2. The lowest BCUT2D eigenvalue weighted by Crippen LogP contribution is -2.40. The second-order valence-corrected chi connectivity index (χ2v) is 7.97. The van der Waals surface area contributed by atoms with Crippen molar-refractivity contribution in [2.24, 2.45) is 10.8 Å². The predicted molar refractivity (Wildman–Crippen MR) is 105 cm³/mol. The Balaban J connectivity index is 1.96. The average Bonchev–Trinajstić information content (AvgIpc) is 3.36. The largest absolute Gasteiger partial charge is 0.465 e. The molecule has 5 nitrogen and oxygen atoms in total. The van der Waals surface area contributed by atoms with Gasteiger partial charge in [0.05, 0.1) is 12.0 Å². The molecule has 1 aliphatic carbocycles. The summed E-state index contributed by atoms with van der Waals surface area (Å²) >= 11 is 3.44. The number of carbonyl (C=O) groups is 3. The van der Waals surface area contributed by atoms with Crippen LogP contribution in [0.1, 0.15) is 42.1 Å². The van der Waals surface area contributed by atoms with E-state index >= 15 is 0 Å².